The number of rotatable bonds is 9. The van der Waals surface area contributed by atoms with Crippen molar-refractivity contribution in [1.82, 2.24) is 30.3 Å². The minimum Gasteiger partial charge on any atom is -0.759 e. The fourth-order valence-electron chi connectivity index (χ4n) is 4.37. The molecule has 1 aliphatic heterocycles. The number of hydrazine groups is 1. The van der Waals surface area contributed by atoms with Gasteiger partial charge >= 0.3 is 0 Å². The number of nitrogens with one attached hydrogen (secondary N) is 2. The van der Waals surface area contributed by atoms with Gasteiger partial charge in [0.1, 0.15) is 5.01 Å². The topological polar surface area (TPSA) is 170 Å². The number of aromatic nitrogens is 3. The number of fused-ring (bicyclic) bond motifs is 1. The maximum Gasteiger partial charge on any atom is 0.253 e. The third-order valence-electron chi connectivity index (χ3n) is 6.38. The quantitative estimate of drug-likeness (QED) is 0.208. The van der Waals surface area contributed by atoms with Crippen LogP contribution in [0.5, 0.6) is 0 Å². The Bertz CT molecular complexity index is 1720. The molecule has 2 aromatic heterocycles. The summed E-state index contributed by atoms with van der Waals surface area (Å²) in [5.74, 6) is -3.32. The summed E-state index contributed by atoms with van der Waals surface area (Å²) in [6.07, 6.45) is 0.297. The Hall–Kier alpha value is -3.22. The molecule has 0 spiro atoms. The molecule has 0 saturated carbocycles. The van der Waals surface area contributed by atoms with Crippen LogP contribution in [0, 0.1) is 0 Å². The van der Waals surface area contributed by atoms with Gasteiger partial charge in [-0.05, 0) is 35.4 Å². The summed E-state index contributed by atoms with van der Waals surface area (Å²) < 4.78 is 79.8. The largest absolute Gasteiger partial charge is 0.759 e. The van der Waals surface area contributed by atoms with Gasteiger partial charge in [0.05, 0.1) is 16.8 Å². The standard InChI is InChI=1S/C24H24F2N6O6S3/c1-41(36,37)20(21-30-29-19(38-21)13-27-31-40(34)35)22-28-17-6-5-15(12-18(17)39-22)14-3-2-4-16(11-14)23(33)32-9-7-24(25,26)8-10-32/h2-6,11-12,20,27,31H,7-10,13H2,1H3,(H,34,35)/p-1. The Morgan fingerprint density at radius 2 is 1.93 bits per heavy atom. The molecule has 1 amide bonds. The van der Waals surface area contributed by atoms with E-state index in [9.17, 15) is 30.8 Å². The maximum atomic E-state index is 13.5. The first-order chi connectivity index (χ1) is 19.4. The number of sulfone groups is 1. The third-order valence-corrected chi connectivity index (χ3v) is 9.21. The van der Waals surface area contributed by atoms with Gasteiger partial charge in [-0.25, -0.2) is 27.6 Å². The van der Waals surface area contributed by atoms with Crippen LogP contribution in [-0.4, -0.2) is 68.4 Å². The van der Waals surface area contributed by atoms with Crippen molar-refractivity contribution in [3.63, 3.8) is 0 Å². The molecule has 0 bridgehead atoms. The van der Waals surface area contributed by atoms with Crippen LogP contribution in [0.25, 0.3) is 21.3 Å². The van der Waals surface area contributed by atoms with Crippen LogP contribution >= 0.6 is 11.3 Å². The van der Waals surface area contributed by atoms with E-state index in [-0.39, 0.29) is 55.2 Å². The van der Waals surface area contributed by atoms with E-state index in [0.29, 0.717) is 15.8 Å². The van der Waals surface area contributed by atoms with E-state index in [1.165, 1.54) is 4.90 Å². The second kappa shape index (κ2) is 11.6. The molecule has 218 valence electrons. The van der Waals surface area contributed by atoms with Gasteiger partial charge in [0.2, 0.25) is 11.8 Å². The first-order valence-electron chi connectivity index (χ1n) is 12.2. The van der Waals surface area contributed by atoms with Gasteiger partial charge in [0.15, 0.2) is 15.1 Å². The van der Waals surface area contributed by atoms with Crippen LogP contribution in [0.3, 0.4) is 0 Å². The molecule has 1 aliphatic rings. The van der Waals surface area contributed by atoms with Gasteiger partial charge in [0.25, 0.3) is 11.8 Å². The second-order valence-electron chi connectivity index (χ2n) is 9.40. The predicted molar refractivity (Wildman–Crippen MR) is 145 cm³/mol. The molecule has 17 heteroatoms. The van der Waals surface area contributed by atoms with Crippen molar-refractivity contribution < 1.29 is 35.2 Å². The van der Waals surface area contributed by atoms with Crippen LogP contribution in [0.15, 0.2) is 46.9 Å². The van der Waals surface area contributed by atoms with Crippen LogP contribution < -0.4 is 10.3 Å². The lowest BCUT2D eigenvalue weighted by Crippen LogP contribution is -2.42. The van der Waals surface area contributed by atoms with Gasteiger partial charge in [-0.2, -0.15) is 4.83 Å². The molecular formula is C24H23F2N6O6S3-. The van der Waals surface area contributed by atoms with Crippen molar-refractivity contribution in [1.29, 1.82) is 0 Å². The normalized spacial score (nSPS) is 17.0. The Kier molecular flexibility index (Phi) is 8.27. The average molecular weight is 626 g/mol. The summed E-state index contributed by atoms with van der Waals surface area (Å²) in [5, 5.41) is 6.46. The lowest BCUT2D eigenvalue weighted by Gasteiger charge is -2.31. The summed E-state index contributed by atoms with van der Waals surface area (Å²) in [6, 6.07) is 12.2. The van der Waals surface area contributed by atoms with E-state index in [4.69, 9.17) is 4.42 Å². The molecule has 3 heterocycles. The molecule has 2 N–H and O–H groups in total. The number of alkyl halides is 2. The highest BCUT2D eigenvalue weighted by Crippen LogP contribution is 2.36. The summed E-state index contributed by atoms with van der Waals surface area (Å²) in [5.41, 5.74) is 4.72. The number of hydrogen-bond acceptors (Lipinski definition) is 11. The second-order valence-corrected chi connectivity index (χ2v) is 13.3. The van der Waals surface area contributed by atoms with Crippen LogP contribution in [0.2, 0.25) is 0 Å². The van der Waals surface area contributed by atoms with Crippen molar-refractivity contribution >= 4 is 48.6 Å². The molecule has 4 aromatic rings. The lowest BCUT2D eigenvalue weighted by molar-refractivity contribution is -0.0494. The Morgan fingerprint density at radius 1 is 1.20 bits per heavy atom. The van der Waals surface area contributed by atoms with E-state index in [0.717, 1.165) is 28.7 Å². The zero-order valence-corrected chi connectivity index (χ0v) is 23.8. The van der Waals surface area contributed by atoms with Crippen molar-refractivity contribution in [2.45, 2.75) is 30.6 Å². The first kappa shape index (κ1) is 29.3. The zero-order valence-electron chi connectivity index (χ0n) is 21.4. The molecule has 1 fully saturated rings. The summed E-state index contributed by atoms with van der Waals surface area (Å²) >= 11 is -1.44. The highest BCUT2D eigenvalue weighted by molar-refractivity contribution is 7.91. The number of hydrogen-bond donors (Lipinski definition) is 2. The number of piperidine rings is 1. The molecule has 0 radical (unpaired) electrons. The van der Waals surface area contributed by atoms with Crippen molar-refractivity contribution in [2.75, 3.05) is 19.3 Å². The van der Waals surface area contributed by atoms with E-state index in [2.05, 4.69) is 20.6 Å². The first-order valence-corrected chi connectivity index (χ1v) is 16.0. The van der Waals surface area contributed by atoms with Crippen molar-refractivity contribution in [3.05, 3.63) is 64.8 Å². The van der Waals surface area contributed by atoms with Gasteiger partial charge < -0.3 is 13.9 Å². The fourth-order valence-corrected chi connectivity index (χ4v) is 7.09. The van der Waals surface area contributed by atoms with Gasteiger partial charge in [0, 0.05) is 49.0 Å². The predicted octanol–water partition coefficient (Wildman–Crippen LogP) is 2.74. The van der Waals surface area contributed by atoms with Gasteiger partial charge in [-0.15, -0.1) is 21.5 Å². The molecular weight excluding hydrogens is 602 g/mol. The highest BCUT2D eigenvalue weighted by Gasteiger charge is 2.36. The summed E-state index contributed by atoms with van der Waals surface area (Å²) in [6.45, 7) is -0.196. The number of thiazole rings is 1. The average Bonchev–Trinajstić information content (AvgIpc) is 3.54. The highest BCUT2D eigenvalue weighted by atomic mass is 32.2. The van der Waals surface area contributed by atoms with E-state index < -0.39 is 32.3 Å². The Morgan fingerprint density at radius 3 is 2.63 bits per heavy atom. The fraction of sp³-hybridized carbons (Fsp3) is 0.333. The lowest BCUT2D eigenvalue weighted by atomic mass is 10.0. The van der Waals surface area contributed by atoms with Crippen molar-refractivity contribution in [2.24, 2.45) is 0 Å². The number of carbonyl (C=O) groups is 1. The molecule has 0 aliphatic carbocycles. The van der Waals surface area contributed by atoms with Crippen LogP contribution in [0.1, 0.15) is 45.2 Å². The monoisotopic (exact) mass is 625 g/mol. The van der Waals surface area contributed by atoms with Crippen LogP contribution in [0.4, 0.5) is 8.78 Å². The van der Waals surface area contributed by atoms with E-state index in [1.54, 1.807) is 30.3 Å². The zero-order chi connectivity index (χ0) is 29.4. The minimum atomic E-state index is -3.81. The number of halogens is 2. The minimum absolute atomic E-state index is 0.0108. The van der Waals surface area contributed by atoms with E-state index in [1.807, 2.05) is 17.0 Å². The number of amides is 1. The summed E-state index contributed by atoms with van der Waals surface area (Å²) in [7, 11) is -3.81. The maximum absolute atomic E-state index is 13.5. The van der Waals surface area contributed by atoms with Gasteiger partial charge in [-0.1, -0.05) is 18.2 Å². The molecule has 41 heavy (non-hydrogen) atoms. The van der Waals surface area contributed by atoms with Gasteiger partial charge in [-0.3, -0.25) is 9.00 Å². The summed E-state index contributed by atoms with van der Waals surface area (Å²) in [4.78, 5) is 20.8. The molecule has 2 atom stereocenters. The van der Waals surface area contributed by atoms with Crippen molar-refractivity contribution in [3.8, 4) is 11.1 Å². The number of benzene rings is 2. The number of likely N-dealkylation sites (tertiary alicyclic amines) is 1. The number of nitrogens with zero attached hydrogens (tertiary/aromatic N) is 4. The molecule has 12 nitrogen and oxygen atoms in total. The molecule has 1 saturated heterocycles. The Balaban J connectivity index is 1.40. The van der Waals surface area contributed by atoms with Crippen LogP contribution in [-0.2, 0) is 27.6 Å². The SMILES string of the molecule is CS(=O)(=O)C(c1nnc(CNNS(=O)[O-])o1)c1nc2ccc(-c3cccc(C(=O)N4CCC(F)(F)CC4)c3)cc2s1. The Labute approximate surface area is 239 Å². The third kappa shape index (κ3) is 6.82. The molecule has 2 unspecified atom stereocenters. The molecule has 5 rings (SSSR count). The number of carbonyl (C=O) groups excluding carboxylic acids is 1. The molecule has 2 aromatic carbocycles. The van der Waals surface area contributed by atoms with E-state index >= 15 is 0 Å². The smallest absolute Gasteiger partial charge is 0.253 e.